The zero-order valence-electron chi connectivity index (χ0n) is 14.1. The van der Waals surface area contributed by atoms with E-state index in [1.807, 2.05) is 0 Å². The Labute approximate surface area is 164 Å². The van der Waals surface area contributed by atoms with Gasteiger partial charge in [-0.2, -0.15) is 0 Å². The van der Waals surface area contributed by atoms with Crippen molar-refractivity contribution in [2.45, 2.75) is 4.90 Å². The van der Waals surface area contributed by atoms with Crippen LogP contribution in [0.15, 0.2) is 59.5 Å². The lowest BCUT2D eigenvalue weighted by molar-refractivity contribution is -0.383. The molecule has 1 heterocycles. The summed E-state index contributed by atoms with van der Waals surface area (Å²) in [5.74, 6) is -0.723. The third-order valence-corrected chi connectivity index (χ3v) is 6.44. The van der Waals surface area contributed by atoms with Crippen molar-refractivity contribution >= 4 is 55.4 Å². The molecule has 0 fully saturated rings. The molecule has 4 rings (SSSR count). The Hall–Kier alpha value is -3.17. The first-order valence-corrected chi connectivity index (χ1v) is 9.89. The van der Waals surface area contributed by atoms with Gasteiger partial charge in [0.15, 0.2) is 0 Å². The average Bonchev–Trinajstić information content (AvgIpc) is 2.85. The molecule has 3 aromatic rings. The molecule has 142 valence electrons. The second-order valence-corrected chi connectivity index (χ2v) is 8.38. The van der Waals surface area contributed by atoms with E-state index in [0.29, 0.717) is 11.1 Å². The molecule has 10 heteroatoms. The molecule has 0 aromatic heterocycles. The zero-order valence-corrected chi connectivity index (χ0v) is 15.7. The molecule has 0 unspecified atom stereocenters. The number of benzene rings is 3. The highest BCUT2D eigenvalue weighted by atomic mass is 35.5. The van der Waals surface area contributed by atoms with E-state index in [-0.39, 0.29) is 21.3 Å². The molecule has 1 N–H and O–H groups in total. The highest BCUT2D eigenvalue weighted by molar-refractivity contribution is 7.93. The molecule has 8 nitrogen and oxygen atoms in total. The summed E-state index contributed by atoms with van der Waals surface area (Å²) in [6.07, 6.45) is 0. The van der Waals surface area contributed by atoms with Crippen molar-refractivity contribution in [2.24, 2.45) is 0 Å². The number of halogens is 1. The van der Waals surface area contributed by atoms with Gasteiger partial charge in [-0.3, -0.25) is 19.2 Å². The molecule has 1 aliphatic heterocycles. The summed E-state index contributed by atoms with van der Waals surface area (Å²) in [5.41, 5.74) is -0.0499. The second-order valence-electron chi connectivity index (χ2n) is 6.11. The summed E-state index contributed by atoms with van der Waals surface area (Å²) in [7, 11) is -3.91. The molecule has 3 aromatic carbocycles. The van der Waals surface area contributed by atoms with Crippen LogP contribution in [0.4, 0.5) is 17.1 Å². The monoisotopic (exact) mass is 417 g/mol. The number of nitrogens with zero attached hydrogens (tertiary/aromatic N) is 2. The van der Waals surface area contributed by atoms with Crippen molar-refractivity contribution in [1.29, 1.82) is 0 Å². The number of carbonyl (C=O) groups is 1. The van der Waals surface area contributed by atoms with Gasteiger partial charge in [-0.25, -0.2) is 8.42 Å². The van der Waals surface area contributed by atoms with Crippen LogP contribution in [0.2, 0.25) is 5.02 Å². The number of rotatable bonds is 4. The van der Waals surface area contributed by atoms with Gasteiger partial charge in [0.25, 0.3) is 15.7 Å². The summed E-state index contributed by atoms with van der Waals surface area (Å²) in [6.45, 7) is -0.528. The van der Waals surface area contributed by atoms with Crippen molar-refractivity contribution in [3.05, 3.63) is 69.7 Å². The molecule has 1 aliphatic rings. The van der Waals surface area contributed by atoms with Crippen LogP contribution in [0.1, 0.15) is 0 Å². The number of amides is 1. The number of carbonyl (C=O) groups excluding carboxylic acids is 1. The van der Waals surface area contributed by atoms with Gasteiger partial charge in [0, 0.05) is 16.5 Å². The molecule has 0 bridgehead atoms. The lowest BCUT2D eigenvalue weighted by atomic mass is 10.1. The van der Waals surface area contributed by atoms with Gasteiger partial charge in [0.05, 0.1) is 15.5 Å². The average molecular weight is 418 g/mol. The standard InChI is InChI=1S/C18H12ClN3O5S/c19-12-7-8-14(22(24)25)13(9-12)20-17(23)10-21-15-5-1-3-11-4-2-6-16(18(11)15)28(21,26)27/h1-9H,10H2,(H,20,23). The predicted molar refractivity (Wildman–Crippen MR) is 105 cm³/mol. The van der Waals surface area contributed by atoms with E-state index in [2.05, 4.69) is 5.32 Å². The van der Waals surface area contributed by atoms with E-state index in [4.69, 9.17) is 11.6 Å². The van der Waals surface area contributed by atoms with E-state index >= 15 is 0 Å². The van der Waals surface area contributed by atoms with Crippen LogP contribution in [-0.4, -0.2) is 25.8 Å². The Bertz CT molecular complexity index is 1250. The molecular formula is C18H12ClN3O5S. The van der Waals surface area contributed by atoms with E-state index in [9.17, 15) is 23.3 Å². The predicted octanol–water partition coefficient (Wildman–Crippen LogP) is 3.55. The maximum Gasteiger partial charge on any atom is 0.292 e. The van der Waals surface area contributed by atoms with Crippen LogP contribution in [0.5, 0.6) is 0 Å². The third-order valence-electron chi connectivity index (χ3n) is 4.40. The van der Waals surface area contributed by atoms with E-state index in [1.165, 1.54) is 24.3 Å². The minimum atomic E-state index is -3.91. The number of hydrogen-bond acceptors (Lipinski definition) is 5. The molecule has 0 atom stereocenters. The summed E-state index contributed by atoms with van der Waals surface area (Å²) in [5, 5.41) is 15.0. The Morgan fingerprint density at radius 3 is 2.57 bits per heavy atom. The lowest BCUT2D eigenvalue weighted by Crippen LogP contribution is -2.35. The highest BCUT2D eigenvalue weighted by Crippen LogP contribution is 2.41. The van der Waals surface area contributed by atoms with Gasteiger partial charge in [0.2, 0.25) is 5.91 Å². The van der Waals surface area contributed by atoms with Crippen LogP contribution < -0.4 is 9.62 Å². The first-order valence-electron chi connectivity index (χ1n) is 8.07. The van der Waals surface area contributed by atoms with Gasteiger partial charge in [-0.05, 0) is 29.7 Å². The van der Waals surface area contributed by atoms with E-state index < -0.39 is 27.4 Å². The third kappa shape index (κ3) is 2.85. The van der Waals surface area contributed by atoms with Crippen molar-refractivity contribution in [2.75, 3.05) is 16.2 Å². The molecule has 0 spiro atoms. The Kier molecular flexibility index (Phi) is 4.20. The van der Waals surface area contributed by atoms with Crippen LogP contribution >= 0.6 is 11.6 Å². The number of nitrogens with one attached hydrogen (secondary N) is 1. The Morgan fingerprint density at radius 1 is 1.14 bits per heavy atom. The maximum atomic E-state index is 12.9. The number of anilines is 2. The minimum absolute atomic E-state index is 0.102. The van der Waals surface area contributed by atoms with Crippen molar-refractivity contribution in [1.82, 2.24) is 0 Å². The van der Waals surface area contributed by atoms with Crippen LogP contribution in [0.3, 0.4) is 0 Å². The summed E-state index contributed by atoms with van der Waals surface area (Å²) >= 11 is 5.86. The SMILES string of the molecule is O=C(CN1c2cccc3cccc(c23)S1(=O)=O)Nc1cc(Cl)ccc1[N+](=O)[O-]. The fourth-order valence-corrected chi connectivity index (χ4v) is 5.06. The fraction of sp³-hybridized carbons (Fsp3) is 0.0556. The molecule has 28 heavy (non-hydrogen) atoms. The fourth-order valence-electron chi connectivity index (χ4n) is 3.22. The van der Waals surface area contributed by atoms with Gasteiger partial charge in [-0.15, -0.1) is 0 Å². The lowest BCUT2D eigenvalue weighted by Gasteiger charge is -2.18. The number of nitro groups is 1. The quantitative estimate of drug-likeness (QED) is 0.515. The molecule has 0 radical (unpaired) electrons. The van der Waals surface area contributed by atoms with Crippen LogP contribution in [0.25, 0.3) is 10.8 Å². The minimum Gasteiger partial charge on any atom is -0.319 e. The summed E-state index contributed by atoms with van der Waals surface area (Å²) in [4.78, 5) is 23.1. The molecule has 1 amide bonds. The van der Waals surface area contributed by atoms with E-state index in [0.717, 1.165) is 9.69 Å². The smallest absolute Gasteiger partial charge is 0.292 e. The zero-order chi connectivity index (χ0) is 20.1. The molecular weight excluding hydrogens is 406 g/mol. The second kappa shape index (κ2) is 6.47. The topological polar surface area (TPSA) is 110 Å². The first-order chi connectivity index (χ1) is 13.3. The normalized spacial score (nSPS) is 14.2. The van der Waals surface area contributed by atoms with Crippen molar-refractivity contribution in [3.8, 4) is 0 Å². The molecule has 0 saturated heterocycles. The first kappa shape index (κ1) is 18.2. The molecule has 0 saturated carbocycles. The Balaban J connectivity index is 1.68. The highest BCUT2D eigenvalue weighted by Gasteiger charge is 2.36. The van der Waals surface area contributed by atoms with Crippen molar-refractivity contribution in [3.63, 3.8) is 0 Å². The van der Waals surface area contributed by atoms with Crippen LogP contribution in [0, 0.1) is 10.1 Å². The van der Waals surface area contributed by atoms with Crippen LogP contribution in [-0.2, 0) is 14.8 Å². The summed E-state index contributed by atoms with van der Waals surface area (Å²) < 4.78 is 26.8. The number of nitro benzene ring substituents is 1. The van der Waals surface area contributed by atoms with Crippen molar-refractivity contribution < 1.29 is 18.1 Å². The number of sulfonamides is 1. The summed E-state index contributed by atoms with van der Waals surface area (Å²) in [6, 6.07) is 13.8. The van der Waals surface area contributed by atoms with Gasteiger partial charge in [-0.1, -0.05) is 35.9 Å². The van der Waals surface area contributed by atoms with Gasteiger partial charge < -0.3 is 5.32 Å². The van der Waals surface area contributed by atoms with Gasteiger partial charge >= 0.3 is 0 Å². The largest absolute Gasteiger partial charge is 0.319 e. The Morgan fingerprint density at radius 2 is 1.86 bits per heavy atom. The maximum absolute atomic E-state index is 12.9. The van der Waals surface area contributed by atoms with E-state index in [1.54, 1.807) is 30.3 Å². The van der Waals surface area contributed by atoms with Gasteiger partial charge in [0.1, 0.15) is 12.2 Å². The molecule has 0 aliphatic carbocycles. The number of hydrogen-bond donors (Lipinski definition) is 1.